The van der Waals surface area contributed by atoms with Gasteiger partial charge in [0.15, 0.2) is 24.6 Å². The van der Waals surface area contributed by atoms with Crippen molar-refractivity contribution in [2.24, 2.45) is 0 Å². The van der Waals surface area contributed by atoms with Crippen molar-refractivity contribution in [1.29, 1.82) is 0 Å². The molecule has 10 rings (SSSR count). The molecule has 2 aliphatic rings. The number of benzene rings is 8. The van der Waals surface area contributed by atoms with Crippen LogP contribution in [0.2, 0.25) is 0 Å². The largest absolute Gasteiger partial charge is 0.459 e. The maximum atomic E-state index is 14.7. The van der Waals surface area contributed by atoms with Crippen LogP contribution in [0.4, 0.5) is 0 Å². The van der Waals surface area contributed by atoms with Crippen molar-refractivity contribution >= 4 is 23.9 Å². The third kappa shape index (κ3) is 15.7. The van der Waals surface area contributed by atoms with Crippen LogP contribution in [-0.2, 0) is 78.3 Å². The molecule has 9 atom stereocenters. The molecule has 0 aromatic heterocycles. The van der Waals surface area contributed by atoms with E-state index in [2.05, 4.69) is 0 Å². The van der Waals surface area contributed by atoms with Gasteiger partial charge in [0.05, 0.1) is 55.3 Å². The second kappa shape index (κ2) is 29.6. The first-order chi connectivity index (χ1) is 41.3. The fourth-order valence-corrected chi connectivity index (χ4v) is 9.91. The Morgan fingerprint density at radius 2 is 0.798 bits per heavy atom. The highest BCUT2D eigenvalue weighted by molar-refractivity contribution is 5.91. The third-order valence-electron chi connectivity index (χ3n) is 14.1. The van der Waals surface area contributed by atoms with Gasteiger partial charge in [-0.25, -0.2) is 19.2 Å². The van der Waals surface area contributed by atoms with Gasteiger partial charge in [0, 0.05) is 0 Å². The quantitative estimate of drug-likeness (QED) is 0.0370. The summed E-state index contributed by atoms with van der Waals surface area (Å²) < 4.78 is 74.0. The second-order valence-electron chi connectivity index (χ2n) is 20.1. The van der Waals surface area contributed by atoms with Gasteiger partial charge in [-0.2, -0.15) is 0 Å². The van der Waals surface area contributed by atoms with Gasteiger partial charge in [0.1, 0.15) is 37.6 Å². The lowest BCUT2D eigenvalue weighted by Gasteiger charge is -2.45. The van der Waals surface area contributed by atoms with Gasteiger partial charge in [-0.1, -0.05) is 194 Å². The van der Waals surface area contributed by atoms with E-state index in [0.717, 1.165) is 22.3 Å². The van der Waals surface area contributed by atoms with E-state index in [-0.39, 0.29) is 61.9 Å². The van der Waals surface area contributed by atoms with Gasteiger partial charge in [-0.3, -0.25) is 0 Å². The summed E-state index contributed by atoms with van der Waals surface area (Å²) >= 11 is 0. The monoisotopic (exact) mass is 1130 g/mol. The predicted molar refractivity (Wildman–Crippen MR) is 308 cm³/mol. The van der Waals surface area contributed by atoms with Crippen molar-refractivity contribution in [1.82, 2.24) is 0 Å². The Kier molecular flexibility index (Phi) is 20.6. The van der Waals surface area contributed by atoms with Crippen LogP contribution < -0.4 is 0 Å². The second-order valence-corrected chi connectivity index (χ2v) is 20.1. The summed E-state index contributed by atoms with van der Waals surface area (Å²) in [6, 6.07) is 71.4. The van der Waals surface area contributed by atoms with Crippen LogP contribution in [0, 0.1) is 0 Å². The van der Waals surface area contributed by atoms with Crippen molar-refractivity contribution in [2.75, 3.05) is 26.4 Å². The van der Waals surface area contributed by atoms with Crippen LogP contribution in [0.5, 0.6) is 0 Å². The minimum absolute atomic E-state index is 0.0274. The minimum Gasteiger partial charge on any atom is -0.459 e. The summed E-state index contributed by atoms with van der Waals surface area (Å²) in [7, 11) is 0. The molecular formula is C69H64O15. The molecule has 0 aliphatic carbocycles. The highest BCUT2D eigenvalue weighted by atomic mass is 16.8. The molecule has 8 aromatic rings. The van der Waals surface area contributed by atoms with Gasteiger partial charge in [0.2, 0.25) is 5.79 Å². The van der Waals surface area contributed by atoms with Crippen LogP contribution in [0.25, 0.3) is 0 Å². The average Bonchev–Trinajstić information content (AvgIpc) is 2.31. The van der Waals surface area contributed by atoms with Crippen molar-refractivity contribution in [3.8, 4) is 0 Å². The lowest BCUT2D eigenvalue weighted by molar-refractivity contribution is -0.320. The predicted octanol–water partition coefficient (Wildman–Crippen LogP) is 11.0. The lowest BCUT2D eigenvalue weighted by Crippen LogP contribution is -2.64. The molecule has 430 valence electrons. The fourth-order valence-electron chi connectivity index (χ4n) is 9.91. The molecule has 2 fully saturated rings. The molecule has 1 unspecified atom stereocenters. The van der Waals surface area contributed by atoms with E-state index in [4.69, 9.17) is 52.1 Å². The Morgan fingerprint density at radius 1 is 0.393 bits per heavy atom. The summed E-state index contributed by atoms with van der Waals surface area (Å²) in [5.74, 6) is -5.06. The van der Waals surface area contributed by atoms with Crippen molar-refractivity contribution < 1.29 is 71.3 Å². The number of hydrogen-bond donors (Lipinski definition) is 0. The molecule has 0 amide bonds. The van der Waals surface area contributed by atoms with Crippen LogP contribution in [0.3, 0.4) is 0 Å². The number of ether oxygens (including phenoxy) is 11. The molecule has 15 heteroatoms. The molecule has 0 N–H and O–H groups in total. The van der Waals surface area contributed by atoms with Crippen LogP contribution in [0.15, 0.2) is 243 Å². The SMILES string of the molecule is O=C(OC[C@H]1O[C@H](O[C@@H]2[C@@H](COCc3ccccc3)OC(COCc3ccccc3)(OCCc3ccccc3)[C@H]2OCc2ccccc2)[C@H](OC(=O)c2ccccc2)[C@@H](OC(=O)c2ccccc2)[C@H]1OC(=O)c1ccccc1)c1ccccc1. The lowest BCUT2D eigenvalue weighted by atomic mass is 9.97. The number of hydrogen-bond acceptors (Lipinski definition) is 15. The Balaban J connectivity index is 1.10. The Morgan fingerprint density at radius 3 is 1.29 bits per heavy atom. The van der Waals surface area contributed by atoms with Gasteiger partial charge in [-0.05, 0) is 77.2 Å². The summed E-state index contributed by atoms with van der Waals surface area (Å²) in [6.45, 7) is -0.381. The molecular weight excluding hydrogens is 1070 g/mol. The molecule has 0 radical (unpaired) electrons. The first kappa shape index (κ1) is 58.6. The van der Waals surface area contributed by atoms with Gasteiger partial charge < -0.3 is 52.1 Å². The summed E-state index contributed by atoms with van der Waals surface area (Å²) in [4.78, 5) is 57.6. The van der Waals surface area contributed by atoms with Crippen LogP contribution in [0.1, 0.15) is 63.7 Å². The Labute approximate surface area is 487 Å². The maximum absolute atomic E-state index is 14.7. The molecule has 2 heterocycles. The highest BCUT2D eigenvalue weighted by Gasteiger charge is 2.62. The standard InChI is InChI=1S/C69H64O15/c70-64(53-33-17-5-18-34-53)77-47-57-59(80-65(71)54-35-19-6-20-36-54)61(81-66(72)55-37-21-7-22-38-55)62(82-67(73)56-39-23-8-24-40-56)68(79-57)83-60-58(46-74-43-50-27-11-2-12-28-50)84-69(48-75-44-51-29-13-3-14-30-51,78-42-41-49-25-9-1-10-26-49)63(60)76-45-52-31-15-4-16-32-52/h1-40,57-63,68H,41-48H2/t57-,58-,59+,60-,61+,62-,63+,68-,69?/m1/s1. The van der Waals surface area contributed by atoms with E-state index in [9.17, 15) is 19.2 Å². The average molecular weight is 1130 g/mol. The van der Waals surface area contributed by atoms with E-state index in [1.807, 2.05) is 121 Å². The van der Waals surface area contributed by atoms with E-state index >= 15 is 0 Å². The molecule has 84 heavy (non-hydrogen) atoms. The zero-order chi connectivity index (χ0) is 57.8. The first-order valence-corrected chi connectivity index (χ1v) is 27.8. The number of rotatable bonds is 26. The Hall–Kier alpha value is -8.64. The summed E-state index contributed by atoms with van der Waals surface area (Å²) in [5.41, 5.74) is 4.20. The fraction of sp³-hybridized carbons (Fsp3) is 0.246. The normalized spacial score (nSPS) is 21.9. The number of carbonyl (C=O) groups excluding carboxylic acids is 4. The summed E-state index contributed by atoms with van der Waals surface area (Å²) in [6.07, 6.45) is -11.4. The topological polar surface area (TPSA) is 170 Å². The number of esters is 4. The van der Waals surface area contributed by atoms with E-state index in [1.165, 1.54) is 0 Å². The maximum Gasteiger partial charge on any atom is 0.338 e. The first-order valence-electron chi connectivity index (χ1n) is 27.8. The van der Waals surface area contributed by atoms with E-state index in [0.29, 0.717) is 6.42 Å². The van der Waals surface area contributed by atoms with Crippen molar-refractivity contribution in [3.05, 3.63) is 287 Å². The smallest absolute Gasteiger partial charge is 0.338 e. The molecule has 0 spiro atoms. The molecule has 8 aromatic carbocycles. The summed E-state index contributed by atoms with van der Waals surface area (Å²) in [5, 5.41) is 0. The van der Waals surface area contributed by atoms with E-state index in [1.54, 1.807) is 121 Å². The van der Waals surface area contributed by atoms with Crippen LogP contribution >= 0.6 is 0 Å². The zero-order valence-corrected chi connectivity index (χ0v) is 46.0. The van der Waals surface area contributed by atoms with Crippen molar-refractivity contribution in [2.45, 2.75) is 81.0 Å². The van der Waals surface area contributed by atoms with Gasteiger partial charge in [-0.15, -0.1) is 0 Å². The minimum atomic E-state index is -1.75. The molecule has 0 bridgehead atoms. The highest BCUT2D eigenvalue weighted by Crippen LogP contribution is 2.41. The van der Waals surface area contributed by atoms with Crippen molar-refractivity contribution in [3.63, 3.8) is 0 Å². The Bertz CT molecular complexity index is 3240. The van der Waals surface area contributed by atoms with Gasteiger partial charge in [0.25, 0.3) is 0 Å². The van der Waals surface area contributed by atoms with Gasteiger partial charge >= 0.3 is 23.9 Å². The van der Waals surface area contributed by atoms with Crippen LogP contribution in [-0.4, -0.2) is 105 Å². The third-order valence-corrected chi connectivity index (χ3v) is 14.1. The molecule has 0 saturated carbocycles. The molecule has 2 saturated heterocycles. The molecule has 2 aliphatic heterocycles. The van der Waals surface area contributed by atoms with E-state index < -0.39 is 85.3 Å². The molecule has 15 nitrogen and oxygen atoms in total. The number of carbonyl (C=O) groups is 4. The zero-order valence-electron chi connectivity index (χ0n) is 46.0.